The second-order valence-electron chi connectivity index (χ2n) is 6.33. The van der Waals surface area contributed by atoms with Gasteiger partial charge in [-0.05, 0) is 43.5 Å². The van der Waals surface area contributed by atoms with Gasteiger partial charge in [0.25, 0.3) is 0 Å². The lowest BCUT2D eigenvalue weighted by Crippen LogP contribution is -2.50. The first-order valence-corrected chi connectivity index (χ1v) is 8.41. The Kier molecular flexibility index (Phi) is 4.87. The molecular formula is C17H23FN4O2. The van der Waals surface area contributed by atoms with Crippen LogP contribution < -0.4 is 10.6 Å². The summed E-state index contributed by atoms with van der Waals surface area (Å²) in [5.74, 6) is -0.259. The van der Waals surface area contributed by atoms with Crippen molar-refractivity contribution in [2.45, 2.75) is 25.3 Å². The van der Waals surface area contributed by atoms with Gasteiger partial charge >= 0.3 is 6.03 Å². The van der Waals surface area contributed by atoms with Crippen molar-refractivity contribution in [2.24, 2.45) is 5.73 Å². The summed E-state index contributed by atoms with van der Waals surface area (Å²) in [4.78, 5) is 29.7. The molecule has 1 aromatic carbocycles. The summed E-state index contributed by atoms with van der Waals surface area (Å²) in [5.41, 5.74) is 6.34. The van der Waals surface area contributed by atoms with Crippen molar-refractivity contribution in [3.63, 3.8) is 0 Å². The number of halogens is 1. The van der Waals surface area contributed by atoms with E-state index in [1.165, 1.54) is 17.0 Å². The summed E-state index contributed by atoms with van der Waals surface area (Å²) in [6.45, 7) is 3.33. The van der Waals surface area contributed by atoms with Gasteiger partial charge in [-0.2, -0.15) is 0 Å². The third kappa shape index (κ3) is 3.44. The Hall–Kier alpha value is -2.31. The van der Waals surface area contributed by atoms with Crippen molar-refractivity contribution < 1.29 is 14.0 Å². The molecule has 2 fully saturated rings. The van der Waals surface area contributed by atoms with Gasteiger partial charge in [0.1, 0.15) is 11.9 Å². The Labute approximate surface area is 141 Å². The number of amides is 3. The summed E-state index contributed by atoms with van der Waals surface area (Å²) in [7, 11) is 0. The fourth-order valence-electron chi connectivity index (χ4n) is 3.55. The highest BCUT2D eigenvalue weighted by Crippen LogP contribution is 2.21. The van der Waals surface area contributed by atoms with Crippen molar-refractivity contribution in [3.05, 3.63) is 30.1 Å². The van der Waals surface area contributed by atoms with Gasteiger partial charge in [-0.1, -0.05) is 0 Å². The molecule has 3 amide bonds. The first-order valence-electron chi connectivity index (χ1n) is 8.41. The molecule has 0 spiro atoms. The van der Waals surface area contributed by atoms with Gasteiger partial charge in [0.05, 0.1) is 0 Å². The molecule has 2 N–H and O–H groups in total. The quantitative estimate of drug-likeness (QED) is 0.889. The van der Waals surface area contributed by atoms with Crippen molar-refractivity contribution in [2.75, 3.05) is 37.6 Å². The number of carbonyl (C=O) groups is 2. The van der Waals surface area contributed by atoms with Gasteiger partial charge in [-0.3, -0.25) is 4.79 Å². The van der Waals surface area contributed by atoms with Crippen molar-refractivity contribution in [1.29, 1.82) is 0 Å². The number of rotatable bonds is 2. The number of likely N-dealkylation sites (tertiary alicyclic amines) is 1. The number of anilines is 1. The van der Waals surface area contributed by atoms with E-state index in [2.05, 4.69) is 4.90 Å². The van der Waals surface area contributed by atoms with Crippen LogP contribution in [0.25, 0.3) is 0 Å². The predicted octanol–water partition coefficient (Wildman–Crippen LogP) is 1.41. The van der Waals surface area contributed by atoms with Crippen LogP contribution in [-0.2, 0) is 4.79 Å². The molecule has 2 aliphatic heterocycles. The number of nitrogens with zero attached hydrogens (tertiary/aromatic N) is 3. The van der Waals surface area contributed by atoms with Gasteiger partial charge in [0.15, 0.2) is 0 Å². The first-order chi connectivity index (χ1) is 11.6. The lowest BCUT2D eigenvalue weighted by molar-refractivity contribution is -0.134. The summed E-state index contributed by atoms with van der Waals surface area (Å²) >= 11 is 0. The molecule has 0 aromatic heterocycles. The molecule has 2 saturated heterocycles. The smallest absolute Gasteiger partial charge is 0.315 e. The van der Waals surface area contributed by atoms with E-state index in [-0.39, 0.29) is 11.7 Å². The molecule has 7 heteroatoms. The largest absolute Gasteiger partial charge is 0.370 e. The second kappa shape index (κ2) is 7.07. The number of urea groups is 1. The molecule has 0 aliphatic carbocycles. The molecule has 24 heavy (non-hydrogen) atoms. The Morgan fingerprint density at radius 2 is 1.75 bits per heavy atom. The molecule has 0 bridgehead atoms. The van der Waals surface area contributed by atoms with Crippen molar-refractivity contribution in [1.82, 2.24) is 9.80 Å². The number of nitrogens with two attached hydrogens (primary N) is 1. The van der Waals surface area contributed by atoms with Crippen LogP contribution in [0.15, 0.2) is 24.3 Å². The van der Waals surface area contributed by atoms with Crippen LogP contribution in [0.1, 0.15) is 19.3 Å². The van der Waals surface area contributed by atoms with Crippen LogP contribution in [0, 0.1) is 5.82 Å². The van der Waals surface area contributed by atoms with Crippen LogP contribution in [0.4, 0.5) is 14.9 Å². The third-order valence-electron chi connectivity index (χ3n) is 4.82. The van der Waals surface area contributed by atoms with Gasteiger partial charge in [-0.25, -0.2) is 9.18 Å². The zero-order valence-electron chi connectivity index (χ0n) is 13.7. The third-order valence-corrected chi connectivity index (χ3v) is 4.82. The van der Waals surface area contributed by atoms with E-state index in [0.29, 0.717) is 32.6 Å². The molecule has 2 aliphatic rings. The average molecular weight is 334 g/mol. The lowest BCUT2D eigenvalue weighted by atomic mass is 10.2. The molecule has 0 saturated carbocycles. The number of hydrogen-bond acceptors (Lipinski definition) is 3. The number of benzene rings is 1. The van der Waals surface area contributed by atoms with Crippen LogP contribution in [0.5, 0.6) is 0 Å². The van der Waals surface area contributed by atoms with E-state index in [1.807, 2.05) is 4.90 Å². The van der Waals surface area contributed by atoms with E-state index >= 15 is 0 Å². The topological polar surface area (TPSA) is 69.9 Å². The fourth-order valence-corrected chi connectivity index (χ4v) is 3.55. The number of carbonyl (C=O) groups excluding carboxylic acids is 2. The maximum atomic E-state index is 13.1. The Morgan fingerprint density at radius 1 is 1.00 bits per heavy atom. The molecule has 1 atom stereocenters. The van der Waals surface area contributed by atoms with Gasteiger partial charge < -0.3 is 20.4 Å². The van der Waals surface area contributed by atoms with Crippen LogP contribution >= 0.6 is 0 Å². The summed E-state index contributed by atoms with van der Waals surface area (Å²) in [5, 5.41) is 0. The van der Waals surface area contributed by atoms with Crippen molar-refractivity contribution >= 4 is 17.6 Å². The molecule has 130 valence electrons. The first kappa shape index (κ1) is 16.5. The van der Waals surface area contributed by atoms with E-state index in [1.54, 1.807) is 12.1 Å². The minimum absolute atomic E-state index is 0.00717. The normalized spacial score (nSPS) is 21.7. The molecular weight excluding hydrogens is 311 g/mol. The highest BCUT2D eigenvalue weighted by atomic mass is 19.1. The lowest BCUT2D eigenvalue weighted by Gasteiger charge is -2.29. The van der Waals surface area contributed by atoms with E-state index < -0.39 is 12.1 Å². The Bertz CT molecular complexity index is 607. The van der Waals surface area contributed by atoms with Crippen molar-refractivity contribution in [3.8, 4) is 0 Å². The Balaban J connectivity index is 1.63. The van der Waals surface area contributed by atoms with E-state index in [9.17, 15) is 14.0 Å². The highest BCUT2D eigenvalue weighted by molar-refractivity contribution is 5.87. The monoisotopic (exact) mass is 334 g/mol. The number of primary amides is 1. The standard InChI is InChI=1S/C17H23FN4O2/c18-13-4-6-14(7-5-13)20-8-2-9-21(12-11-20)16(23)15-3-1-10-22(15)17(19)24/h4-7,15H,1-3,8-12H2,(H2,19,24)/t15-/m1/s1. The Morgan fingerprint density at radius 3 is 2.46 bits per heavy atom. The number of hydrogen-bond donors (Lipinski definition) is 1. The predicted molar refractivity (Wildman–Crippen MR) is 89.1 cm³/mol. The molecule has 0 radical (unpaired) electrons. The molecule has 1 aromatic rings. The summed E-state index contributed by atoms with van der Waals surface area (Å²) in [6, 6.07) is 5.49. The summed E-state index contributed by atoms with van der Waals surface area (Å²) in [6.07, 6.45) is 2.33. The van der Waals surface area contributed by atoms with E-state index in [0.717, 1.165) is 25.1 Å². The minimum Gasteiger partial charge on any atom is -0.370 e. The van der Waals surface area contributed by atoms with Gasteiger partial charge in [0, 0.05) is 38.4 Å². The van der Waals surface area contributed by atoms with Crippen LogP contribution in [0.3, 0.4) is 0 Å². The fraction of sp³-hybridized carbons (Fsp3) is 0.529. The van der Waals surface area contributed by atoms with Gasteiger partial charge in [0.2, 0.25) is 5.91 Å². The SMILES string of the molecule is NC(=O)N1CCC[C@@H]1C(=O)N1CCCN(c2ccc(F)cc2)CC1. The molecule has 6 nitrogen and oxygen atoms in total. The maximum absolute atomic E-state index is 13.1. The molecule has 0 unspecified atom stereocenters. The maximum Gasteiger partial charge on any atom is 0.315 e. The van der Waals surface area contributed by atoms with Crippen LogP contribution in [-0.4, -0.2) is 60.5 Å². The van der Waals surface area contributed by atoms with Gasteiger partial charge in [-0.15, -0.1) is 0 Å². The summed E-state index contributed by atoms with van der Waals surface area (Å²) < 4.78 is 13.1. The zero-order valence-corrected chi connectivity index (χ0v) is 13.7. The average Bonchev–Trinajstić information content (AvgIpc) is 2.94. The van der Waals surface area contributed by atoms with E-state index in [4.69, 9.17) is 5.73 Å². The van der Waals surface area contributed by atoms with Crippen LogP contribution in [0.2, 0.25) is 0 Å². The zero-order chi connectivity index (χ0) is 17.1. The molecule has 3 rings (SSSR count). The minimum atomic E-state index is -0.520. The second-order valence-corrected chi connectivity index (χ2v) is 6.33. The molecule has 2 heterocycles. The highest BCUT2D eigenvalue weighted by Gasteiger charge is 2.36.